The molecular weight excluding hydrogens is 259 g/mol. The summed E-state index contributed by atoms with van der Waals surface area (Å²) in [7, 11) is 0. The van der Waals surface area contributed by atoms with Gasteiger partial charge in [-0.3, -0.25) is 4.79 Å². The molecule has 5 heteroatoms. The summed E-state index contributed by atoms with van der Waals surface area (Å²) in [6.45, 7) is 7.75. The van der Waals surface area contributed by atoms with Crippen molar-refractivity contribution < 1.29 is 13.9 Å². The summed E-state index contributed by atoms with van der Waals surface area (Å²) >= 11 is 0. The molecular formula is C15H19FN2O2. The van der Waals surface area contributed by atoms with Gasteiger partial charge in [0.25, 0.3) is 0 Å². The van der Waals surface area contributed by atoms with Crippen LogP contribution in [-0.2, 0) is 11.3 Å². The summed E-state index contributed by atoms with van der Waals surface area (Å²) in [5.74, 6) is -0.283. The van der Waals surface area contributed by atoms with Gasteiger partial charge in [0.1, 0.15) is 18.2 Å². The second-order valence-corrected chi connectivity index (χ2v) is 4.35. The number of hydrogen-bond acceptors (Lipinski definition) is 3. The van der Waals surface area contributed by atoms with Gasteiger partial charge in [0.2, 0.25) is 5.91 Å². The first-order chi connectivity index (χ1) is 9.52. The molecule has 2 rings (SSSR count). The van der Waals surface area contributed by atoms with E-state index in [0.29, 0.717) is 17.9 Å². The Labute approximate surface area is 118 Å². The Hall–Kier alpha value is -2.09. The van der Waals surface area contributed by atoms with Gasteiger partial charge in [-0.25, -0.2) is 4.39 Å². The maximum absolute atomic E-state index is 13.9. The van der Waals surface area contributed by atoms with E-state index in [-0.39, 0.29) is 24.1 Å². The molecule has 1 heterocycles. The molecule has 108 valence electrons. The number of carbonyl (C=O) groups excluding carboxylic acids is 1. The van der Waals surface area contributed by atoms with Crippen molar-refractivity contribution in [1.29, 1.82) is 5.26 Å². The molecule has 0 fully saturated rings. The quantitative estimate of drug-likeness (QED) is 0.733. The van der Waals surface area contributed by atoms with Crippen LogP contribution in [0.4, 0.5) is 4.39 Å². The zero-order chi connectivity index (χ0) is 15.3. The molecule has 0 spiro atoms. The minimum absolute atomic E-state index is 0.122. The zero-order valence-corrected chi connectivity index (χ0v) is 12.2. The van der Waals surface area contributed by atoms with Crippen LogP contribution in [0.5, 0.6) is 5.75 Å². The van der Waals surface area contributed by atoms with Crippen LogP contribution in [0, 0.1) is 17.1 Å². The number of carbonyl (C=O) groups is 1. The minimum Gasteiger partial charge on any atom is -0.491 e. The molecule has 1 aromatic rings. The number of fused-ring (bicyclic) bond motifs is 1. The lowest BCUT2D eigenvalue weighted by Crippen LogP contribution is -2.38. The zero-order valence-electron chi connectivity index (χ0n) is 12.2. The van der Waals surface area contributed by atoms with Crippen molar-refractivity contribution in [1.82, 2.24) is 4.90 Å². The van der Waals surface area contributed by atoms with Gasteiger partial charge in [0.15, 0.2) is 0 Å². The molecule has 0 saturated heterocycles. The minimum atomic E-state index is -0.510. The highest BCUT2D eigenvalue weighted by Crippen LogP contribution is 2.28. The molecule has 0 N–H and O–H groups in total. The molecule has 1 atom stereocenters. The summed E-state index contributed by atoms with van der Waals surface area (Å²) in [6, 6.07) is 4.43. The van der Waals surface area contributed by atoms with Crippen molar-refractivity contribution in [3.63, 3.8) is 0 Å². The molecule has 4 nitrogen and oxygen atoms in total. The van der Waals surface area contributed by atoms with Crippen molar-refractivity contribution in [3.05, 3.63) is 29.1 Å². The molecule has 1 amide bonds. The van der Waals surface area contributed by atoms with Gasteiger partial charge in [-0.1, -0.05) is 13.8 Å². The summed E-state index contributed by atoms with van der Waals surface area (Å²) in [4.78, 5) is 13.1. The highest BCUT2D eigenvalue weighted by Gasteiger charge is 2.25. The van der Waals surface area contributed by atoms with Crippen molar-refractivity contribution in [3.8, 4) is 11.8 Å². The lowest BCUT2D eigenvalue weighted by molar-refractivity contribution is -0.131. The molecule has 1 aromatic carbocycles. The van der Waals surface area contributed by atoms with E-state index >= 15 is 0 Å². The lowest BCUT2D eigenvalue weighted by atomic mass is 10.1. The number of amides is 1. The van der Waals surface area contributed by atoms with Crippen LogP contribution >= 0.6 is 0 Å². The van der Waals surface area contributed by atoms with Crippen molar-refractivity contribution in [2.75, 3.05) is 6.61 Å². The molecule has 1 unspecified atom stereocenters. The monoisotopic (exact) mass is 278 g/mol. The largest absolute Gasteiger partial charge is 0.491 e. The fraction of sp³-hybridized carbons (Fsp3) is 0.467. The third kappa shape index (κ3) is 3.27. The highest BCUT2D eigenvalue weighted by molar-refractivity contribution is 5.73. The van der Waals surface area contributed by atoms with Crippen LogP contribution in [0.25, 0.3) is 0 Å². The molecule has 0 radical (unpaired) electrons. The molecule has 0 saturated carbocycles. The van der Waals surface area contributed by atoms with Gasteiger partial charge < -0.3 is 9.64 Å². The first kappa shape index (κ1) is 16.0. The van der Waals surface area contributed by atoms with Crippen LogP contribution in [-0.4, -0.2) is 23.5 Å². The fourth-order valence-corrected chi connectivity index (χ4v) is 2.01. The Morgan fingerprint density at radius 3 is 2.70 bits per heavy atom. The number of rotatable bonds is 0. The number of hydrogen-bond donors (Lipinski definition) is 0. The average Bonchev–Trinajstić information content (AvgIpc) is 2.61. The van der Waals surface area contributed by atoms with Crippen LogP contribution in [0.15, 0.2) is 12.1 Å². The lowest BCUT2D eigenvalue weighted by Gasteiger charge is -2.24. The molecule has 0 aliphatic carbocycles. The van der Waals surface area contributed by atoms with Crippen LogP contribution in [0.3, 0.4) is 0 Å². The van der Waals surface area contributed by atoms with E-state index < -0.39 is 5.82 Å². The maximum atomic E-state index is 13.9. The standard InChI is InChI=1S/C13H13FN2O2.C2H6/c1-8-7-18-13-4-10(5-15)3-12(14)11(13)6-16(8)9(2)17;1-2/h3-4,8H,6-7H2,1-2H3;1-2H3. The molecule has 20 heavy (non-hydrogen) atoms. The Morgan fingerprint density at radius 2 is 2.15 bits per heavy atom. The van der Waals surface area contributed by atoms with Gasteiger partial charge in [0.05, 0.1) is 24.2 Å². The van der Waals surface area contributed by atoms with E-state index in [4.69, 9.17) is 10.00 Å². The third-order valence-corrected chi connectivity index (χ3v) is 3.03. The van der Waals surface area contributed by atoms with Gasteiger partial charge in [0, 0.05) is 12.5 Å². The van der Waals surface area contributed by atoms with E-state index in [9.17, 15) is 9.18 Å². The SMILES string of the molecule is CC.CC(=O)N1Cc2c(F)cc(C#N)cc2OCC1C. The fourth-order valence-electron chi connectivity index (χ4n) is 2.01. The molecule has 0 aromatic heterocycles. The number of nitriles is 1. The Morgan fingerprint density at radius 1 is 1.50 bits per heavy atom. The first-order valence-electron chi connectivity index (χ1n) is 6.65. The van der Waals surface area contributed by atoms with Gasteiger partial charge in [-0.2, -0.15) is 5.26 Å². The topological polar surface area (TPSA) is 53.3 Å². The number of benzene rings is 1. The van der Waals surface area contributed by atoms with Crippen LogP contribution in [0.1, 0.15) is 38.8 Å². The van der Waals surface area contributed by atoms with Crippen molar-refractivity contribution in [2.45, 2.75) is 40.3 Å². The van der Waals surface area contributed by atoms with Crippen LogP contribution < -0.4 is 4.74 Å². The summed E-state index contributed by atoms with van der Waals surface area (Å²) in [5, 5.41) is 8.79. The third-order valence-electron chi connectivity index (χ3n) is 3.03. The van der Waals surface area contributed by atoms with E-state index in [1.165, 1.54) is 13.0 Å². The van der Waals surface area contributed by atoms with Gasteiger partial charge in [-0.05, 0) is 19.1 Å². The Bertz CT molecular complexity index is 537. The van der Waals surface area contributed by atoms with E-state index in [1.54, 1.807) is 4.90 Å². The van der Waals surface area contributed by atoms with Gasteiger partial charge in [-0.15, -0.1) is 0 Å². The smallest absolute Gasteiger partial charge is 0.220 e. The highest BCUT2D eigenvalue weighted by atomic mass is 19.1. The second-order valence-electron chi connectivity index (χ2n) is 4.35. The van der Waals surface area contributed by atoms with Crippen LogP contribution in [0.2, 0.25) is 0 Å². The summed E-state index contributed by atoms with van der Waals surface area (Å²) in [6.07, 6.45) is 0. The van der Waals surface area contributed by atoms with Gasteiger partial charge >= 0.3 is 0 Å². The average molecular weight is 278 g/mol. The van der Waals surface area contributed by atoms with E-state index in [2.05, 4.69) is 0 Å². The summed E-state index contributed by atoms with van der Waals surface area (Å²) < 4.78 is 19.4. The van der Waals surface area contributed by atoms with Crippen molar-refractivity contribution in [2.24, 2.45) is 0 Å². The predicted molar refractivity (Wildman–Crippen MR) is 73.6 cm³/mol. The predicted octanol–water partition coefficient (Wildman–Crippen LogP) is 2.85. The Balaban J connectivity index is 0.000000956. The van der Waals surface area contributed by atoms with Crippen molar-refractivity contribution >= 4 is 5.91 Å². The molecule has 1 aliphatic heterocycles. The number of ether oxygens (including phenoxy) is 1. The van der Waals surface area contributed by atoms with E-state index in [0.717, 1.165) is 6.07 Å². The number of nitrogens with zero attached hydrogens (tertiary/aromatic N) is 2. The summed E-state index contributed by atoms with van der Waals surface area (Å²) in [5.41, 5.74) is 0.545. The first-order valence-corrected chi connectivity index (χ1v) is 6.65. The van der Waals surface area contributed by atoms with E-state index in [1.807, 2.05) is 26.8 Å². The maximum Gasteiger partial charge on any atom is 0.220 e. The molecule has 0 bridgehead atoms. The number of halogens is 1. The normalized spacial score (nSPS) is 16.8. The Kier molecular flexibility index (Phi) is 5.51. The second kappa shape index (κ2) is 6.90. The molecule has 1 aliphatic rings.